The minimum absolute atomic E-state index is 0.240. The number of hydrogen-bond donors (Lipinski definition) is 2. The van der Waals surface area contributed by atoms with Crippen LogP contribution in [-0.4, -0.2) is 29.3 Å². The summed E-state index contributed by atoms with van der Waals surface area (Å²) in [7, 11) is 0. The number of benzene rings is 1. The molecule has 7 heteroatoms. The minimum Gasteiger partial charge on any atom is -0.324 e. The molecule has 0 radical (unpaired) electrons. The maximum Gasteiger partial charge on any atom is 0.325 e. The Morgan fingerprint density at radius 3 is 2.86 bits per heavy atom. The molecule has 1 aromatic carbocycles. The van der Waals surface area contributed by atoms with Crippen LogP contribution in [0.1, 0.15) is 54.2 Å². The molecule has 6 nitrogen and oxygen atoms in total. The molecule has 1 atom stereocenters. The van der Waals surface area contributed by atoms with Crippen molar-refractivity contribution < 1.29 is 14.4 Å². The number of thiophene rings is 1. The van der Waals surface area contributed by atoms with Gasteiger partial charge < -0.3 is 10.6 Å². The largest absolute Gasteiger partial charge is 0.325 e. The monoisotopic (exact) mass is 411 g/mol. The van der Waals surface area contributed by atoms with E-state index in [1.165, 1.54) is 0 Å². The summed E-state index contributed by atoms with van der Waals surface area (Å²) < 4.78 is 0. The van der Waals surface area contributed by atoms with E-state index in [0.29, 0.717) is 6.42 Å². The van der Waals surface area contributed by atoms with E-state index in [1.54, 1.807) is 11.3 Å². The Morgan fingerprint density at radius 2 is 2.10 bits per heavy atom. The number of aryl methyl sites for hydroxylation is 2. The van der Waals surface area contributed by atoms with Crippen LogP contribution in [0.5, 0.6) is 0 Å². The van der Waals surface area contributed by atoms with Crippen molar-refractivity contribution in [2.24, 2.45) is 0 Å². The number of rotatable bonds is 4. The zero-order chi connectivity index (χ0) is 20.8. The Kier molecular flexibility index (Phi) is 4.94. The lowest BCUT2D eigenvalue weighted by atomic mass is 9.80. The van der Waals surface area contributed by atoms with E-state index >= 15 is 0 Å². The average molecular weight is 412 g/mol. The number of carbonyl (C=O) groups excluding carboxylic acids is 3. The van der Waals surface area contributed by atoms with Crippen molar-refractivity contribution in [2.45, 2.75) is 51.5 Å². The van der Waals surface area contributed by atoms with Gasteiger partial charge in [-0.25, -0.2) is 4.79 Å². The Balaban J connectivity index is 1.55. The van der Waals surface area contributed by atoms with Gasteiger partial charge in [-0.3, -0.25) is 14.5 Å². The Morgan fingerprint density at radius 1 is 1.31 bits per heavy atom. The summed E-state index contributed by atoms with van der Waals surface area (Å²) in [6.45, 7) is 5.77. The molecule has 1 aliphatic carbocycles. The molecule has 4 amide bonds. The van der Waals surface area contributed by atoms with Crippen molar-refractivity contribution in [3.8, 4) is 0 Å². The third-order valence-corrected chi connectivity index (χ3v) is 6.81. The summed E-state index contributed by atoms with van der Waals surface area (Å²) in [5, 5.41) is 7.77. The molecule has 1 spiro atoms. The molecule has 2 aliphatic rings. The van der Waals surface area contributed by atoms with Crippen LogP contribution in [0.4, 0.5) is 10.5 Å². The van der Waals surface area contributed by atoms with Crippen molar-refractivity contribution in [2.75, 3.05) is 11.9 Å². The molecule has 4 rings (SSSR count). The average Bonchev–Trinajstić information content (AvgIpc) is 3.24. The van der Waals surface area contributed by atoms with Gasteiger partial charge in [0.1, 0.15) is 12.1 Å². The molecule has 29 heavy (non-hydrogen) atoms. The summed E-state index contributed by atoms with van der Waals surface area (Å²) in [4.78, 5) is 40.8. The van der Waals surface area contributed by atoms with Crippen molar-refractivity contribution in [3.05, 3.63) is 51.2 Å². The topological polar surface area (TPSA) is 78.5 Å². The maximum atomic E-state index is 13.3. The summed E-state index contributed by atoms with van der Waals surface area (Å²) in [6.07, 6.45) is 2.32. The lowest BCUT2D eigenvalue weighted by Crippen LogP contribution is -2.46. The SMILES string of the molecule is Cc1cccc(C(C)C)c1NC(=O)CN1C(=O)N[C@@]2(CCCc3sccc32)C1=O. The fourth-order valence-corrected chi connectivity index (χ4v) is 5.35. The third-order valence-electron chi connectivity index (χ3n) is 5.83. The van der Waals surface area contributed by atoms with Gasteiger partial charge in [0, 0.05) is 16.1 Å². The Hall–Kier alpha value is -2.67. The van der Waals surface area contributed by atoms with Crippen LogP contribution in [0.15, 0.2) is 29.6 Å². The van der Waals surface area contributed by atoms with E-state index < -0.39 is 11.6 Å². The van der Waals surface area contributed by atoms with Crippen molar-refractivity contribution in [1.82, 2.24) is 10.2 Å². The highest BCUT2D eigenvalue weighted by Gasteiger charge is 2.54. The van der Waals surface area contributed by atoms with Crippen molar-refractivity contribution >= 4 is 34.9 Å². The summed E-state index contributed by atoms with van der Waals surface area (Å²) in [5.41, 5.74) is 2.61. The van der Waals surface area contributed by atoms with Crippen LogP contribution in [0, 0.1) is 6.92 Å². The molecule has 1 aromatic heterocycles. The van der Waals surface area contributed by atoms with Crippen LogP contribution in [0.25, 0.3) is 0 Å². The molecule has 0 unspecified atom stereocenters. The molecule has 1 fully saturated rings. The Bertz CT molecular complexity index is 997. The predicted molar refractivity (Wildman–Crippen MR) is 113 cm³/mol. The smallest absolute Gasteiger partial charge is 0.324 e. The number of hydrogen-bond acceptors (Lipinski definition) is 4. The van der Waals surface area contributed by atoms with Gasteiger partial charge in [0.25, 0.3) is 5.91 Å². The molecule has 2 N–H and O–H groups in total. The molecular formula is C22H25N3O3S. The molecule has 1 aliphatic heterocycles. The van der Waals surface area contributed by atoms with Crippen LogP contribution in [0.2, 0.25) is 0 Å². The van der Waals surface area contributed by atoms with Crippen LogP contribution in [-0.2, 0) is 21.5 Å². The zero-order valence-corrected chi connectivity index (χ0v) is 17.7. The quantitative estimate of drug-likeness (QED) is 0.749. The lowest BCUT2D eigenvalue weighted by Gasteiger charge is -2.31. The van der Waals surface area contributed by atoms with E-state index in [1.807, 2.05) is 36.6 Å². The molecule has 2 heterocycles. The van der Waals surface area contributed by atoms with Crippen molar-refractivity contribution in [1.29, 1.82) is 0 Å². The second kappa shape index (κ2) is 7.30. The molecule has 152 valence electrons. The van der Waals surface area contributed by atoms with Gasteiger partial charge in [-0.15, -0.1) is 11.3 Å². The number of nitrogens with zero attached hydrogens (tertiary/aromatic N) is 1. The van der Waals surface area contributed by atoms with Gasteiger partial charge >= 0.3 is 6.03 Å². The second-order valence-corrected chi connectivity index (χ2v) is 9.08. The van der Waals surface area contributed by atoms with Gasteiger partial charge in [-0.2, -0.15) is 0 Å². The highest BCUT2D eigenvalue weighted by molar-refractivity contribution is 7.10. The summed E-state index contributed by atoms with van der Waals surface area (Å²) in [6, 6.07) is 7.30. The van der Waals surface area contributed by atoms with E-state index in [4.69, 9.17) is 0 Å². The van der Waals surface area contributed by atoms with E-state index in [0.717, 1.165) is 45.0 Å². The van der Waals surface area contributed by atoms with Crippen LogP contribution in [0.3, 0.4) is 0 Å². The highest BCUT2D eigenvalue weighted by atomic mass is 32.1. The zero-order valence-electron chi connectivity index (χ0n) is 16.9. The molecule has 0 bridgehead atoms. The van der Waals surface area contributed by atoms with E-state index in [-0.39, 0.29) is 24.3 Å². The standard InChI is InChI=1S/C22H25N3O3S/c1-13(2)15-7-4-6-14(3)19(15)23-18(26)12-25-20(27)22(24-21(25)28)10-5-8-17-16(22)9-11-29-17/h4,6-7,9,11,13H,5,8,10,12H2,1-3H3,(H,23,26)(H,24,28)/t22-/m1/s1. The molecule has 2 aromatic rings. The number of para-hydroxylation sites is 1. The van der Waals surface area contributed by atoms with Crippen LogP contribution >= 0.6 is 11.3 Å². The van der Waals surface area contributed by atoms with E-state index in [9.17, 15) is 14.4 Å². The second-order valence-electron chi connectivity index (χ2n) is 8.08. The predicted octanol–water partition coefficient (Wildman–Crippen LogP) is 3.90. The molecular weight excluding hydrogens is 386 g/mol. The first-order valence-corrected chi connectivity index (χ1v) is 10.8. The van der Waals surface area contributed by atoms with Gasteiger partial charge in [0.15, 0.2) is 0 Å². The fraction of sp³-hybridized carbons (Fsp3) is 0.409. The first-order valence-electron chi connectivity index (χ1n) is 9.94. The summed E-state index contributed by atoms with van der Waals surface area (Å²) >= 11 is 1.61. The Labute approximate surface area is 174 Å². The van der Waals surface area contributed by atoms with Gasteiger partial charge in [0.2, 0.25) is 5.91 Å². The normalized spacial score (nSPS) is 20.9. The number of carbonyl (C=O) groups is 3. The maximum absolute atomic E-state index is 13.3. The first kappa shape index (κ1) is 19.6. The fourth-order valence-electron chi connectivity index (χ4n) is 4.35. The number of anilines is 1. The van der Waals surface area contributed by atoms with E-state index in [2.05, 4.69) is 24.5 Å². The third kappa shape index (κ3) is 3.23. The van der Waals surface area contributed by atoms with Gasteiger partial charge in [0.05, 0.1) is 0 Å². The lowest BCUT2D eigenvalue weighted by molar-refractivity contribution is -0.134. The number of fused-ring (bicyclic) bond motifs is 2. The highest BCUT2D eigenvalue weighted by Crippen LogP contribution is 2.42. The number of urea groups is 1. The van der Waals surface area contributed by atoms with Gasteiger partial charge in [-0.1, -0.05) is 32.0 Å². The molecule has 0 saturated carbocycles. The van der Waals surface area contributed by atoms with Crippen LogP contribution < -0.4 is 10.6 Å². The van der Waals surface area contributed by atoms with Crippen molar-refractivity contribution in [3.63, 3.8) is 0 Å². The number of amides is 4. The van der Waals surface area contributed by atoms with Gasteiger partial charge in [-0.05, 0) is 54.7 Å². The minimum atomic E-state index is -1.02. The number of imide groups is 1. The molecule has 1 saturated heterocycles. The summed E-state index contributed by atoms with van der Waals surface area (Å²) in [5.74, 6) is -0.460. The number of nitrogens with one attached hydrogen (secondary N) is 2. The first-order chi connectivity index (χ1) is 13.8.